The molecule has 0 bridgehead atoms. The minimum atomic E-state index is -0.563. The van der Waals surface area contributed by atoms with Gasteiger partial charge in [0.25, 0.3) is 0 Å². The van der Waals surface area contributed by atoms with Crippen molar-refractivity contribution in [1.82, 2.24) is 15.5 Å². The van der Waals surface area contributed by atoms with Gasteiger partial charge in [0.15, 0.2) is 5.96 Å². The van der Waals surface area contributed by atoms with Gasteiger partial charge in [-0.15, -0.1) is 0 Å². The van der Waals surface area contributed by atoms with Crippen LogP contribution in [0.1, 0.15) is 51.4 Å². The summed E-state index contributed by atoms with van der Waals surface area (Å²) >= 11 is 1.83. The molecule has 1 aliphatic carbocycles. The van der Waals surface area contributed by atoms with Crippen LogP contribution in [0.3, 0.4) is 0 Å². The van der Waals surface area contributed by atoms with Crippen molar-refractivity contribution in [3.05, 3.63) is 0 Å². The van der Waals surface area contributed by atoms with Gasteiger partial charge in [-0.1, -0.05) is 19.3 Å². The number of hydrogen-bond acceptors (Lipinski definition) is 4. The highest BCUT2D eigenvalue weighted by Gasteiger charge is 2.32. The maximum atomic E-state index is 10.4. The van der Waals surface area contributed by atoms with Crippen molar-refractivity contribution < 1.29 is 5.11 Å². The minimum Gasteiger partial charge on any atom is -0.387 e. The maximum Gasteiger partial charge on any atom is 0.191 e. The molecule has 1 atom stereocenters. The number of nitrogens with one attached hydrogen (secondary N) is 2. The SMILES string of the molecule is CN=C(NCC1(O)CCSC1)NC1CCN(C2CCCCC2)CC1. The molecule has 0 radical (unpaired) electrons. The molecule has 5 nitrogen and oxygen atoms in total. The van der Waals surface area contributed by atoms with E-state index in [1.54, 1.807) is 0 Å². The summed E-state index contributed by atoms with van der Waals surface area (Å²) in [6.45, 7) is 3.01. The molecule has 0 aromatic rings. The monoisotopic (exact) mass is 354 g/mol. The molecular weight excluding hydrogens is 320 g/mol. The topological polar surface area (TPSA) is 59.9 Å². The van der Waals surface area contributed by atoms with Crippen molar-refractivity contribution in [3.63, 3.8) is 0 Å². The Kier molecular flexibility index (Phi) is 6.70. The number of thioether (sulfide) groups is 1. The molecule has 24 heavy (non-hydrogen) atoms. The number of aliphatic hydroxyl groups is 1. The van der Waals surface area contributed by atoms with Gasteiger partial charge in [0.2, 0.25) is 0 Å². The zero-order valence-electron chi connectivity index (χ0n) is 15.1. The third-order valence-corrected chi connectivity index (χ3v) is 7.09. The predicted octanol–water partition coefficient (Wildman–Crippen LogP) is 1.82. The van der Waals surface area contributed by atoms with Crippen molar-refractivity contribution in [2.75, 3.05) is 38.2 Å². The van der Waals surface area contributed by atoms with E-state index in [4.69, 9.17) is 0 Å². The predicted molar refractivity (Wildman–Crippen MR) is 103 cm³/mol. The van der Waals surface area contributed by atoms with Gasteiger partial charge in [0.1, 0.15) is 0 Å². The summed E-state index contributed by atoms with van der Waals surface area (Å²) in [6, 6.07) is 1.34. The molecule has 138 valence electrons. The first-order valence-electron chi connectivity index (χ1n) is 9.70. The Bertz CT molecular complexity index is 411. The van der Waals surface area contributed by atoms with Gasteiger partial charge in [-0.25, -0.2) is 0 Å². The van der Waals surface area contributed by atoms with Crippen LogP contribution in [-0.2, 0) is 0 Å². The molecule has 2 heterocycles. The number of piperidine rings is 1. The summed E-state index contributed by atoms with van der Waals surface area (Å²) in [7, 11) is 1.82. The largest absolute Gasteiger partial charge is 0.387 e. The number of rotatable bonds is 4. The van der Waals surface area contributed by atoms with Crippen molar-refractivity contribution in [1.29, 1.82) is 0 Å². The molecule has 3 N–H and O–H groups in total. The lowest BCUT2D eigenvalue weighted by atomic mass is 9.92. The lowest BCUT2D eigenvalue weighted by Crippen LogP contribution is -2.53. The molecule has 1 saturated carbocycles. The second-order valence-corrected chi connectivity index (χ2v) is 8.80. The Morgan fingerprint density at radius 1 is 1.21 bits per heavy atom. The summed E-state index contributed by atoms with van der Waals surface area (Å²) < 4.78 is 0. The van der Waals surface area contributed by atoms with E-state index in [1.165, 1.54) is 58.0 Å². The van der Waals surface area contributed by atoms with Gasteiger partial charge in [-0.05, 0) is 37.9 Å². The molecule has 2 aliphatic heterocycles. The smallest absolute Gasteiger partial charge is 0.191 e. The maximum absolute atomic E-state index is 10.4. The Morgan fingerprint density at radius 3 is 2.58 bits per heavy atom. The number of aliphatic imine (C=N–C) groups is 1. The van der Waals surface area contributed by atoms with Gasteiger partial charge in [0.05, 0.1) is 5.60 Å². The summed E-state index contributed by atoms with van der Waals surface area (Å²) in [5.41, 5.74) is -0.563. The highest BCUT2D eigenvalue weighted by atomic mass is 32.2. The second kappa shape index (κ2) is 8.77. The number of nitrogens with zero attached hydrogens (tertiary/aromatic N) is 2. The van der Waals surface area contributed by atoms with Crippen molar-refractivity contribution in [2.24, 2.45) is 4.99 Å². The number of likely N-dealkylation sites (tertiary alicyclic amines) is 1. The Hall–Kier alpha value is -0.460. The van der Waals surface area contributed by atoms with Crippen LogP contribution in [0, 0.1) is 0 Å². The molecule has 3 aliphatic rings. The lowest BCUT2D eigenvalue weighted by Gasteiger charge is -2.39. The highest BCUT2D eigenvalue weighted by molar-refractivity contribution is 7.99. The van der Waals surface area contributed by atoms with E-state index in [-0.39, 0.29) is 0 Å². The number of guanidine groups is 1. The van der Waals surface area contributed by atoms with Gasteiger partial charge in [0, 0.05) is 44.5 Å². The molecule has 1 unspecified atom stereocenters. The van der Waals surface area contributed by atoms with Crippen molar-refractivity contribution >= 4 is 17.7 Å². The molecule has 2 saturated heterocycles. The summed E-state index contributed by atoms with van der Waals surface area (Å²) in [6.07, 6.45) is 10.3. The zero-order valence-corrected chi connectivity index (χ0v) is 15.9. The van der Waals surface area contributed by atoms with Gasteiger partial charge in [-0.2, -0.15) is 11.8 Å². The van der Waals surface area contributed by atoms with E-state index in [2.05, 4.69) is 20.5 Å². The van der Waals surface area contributed by atoms with Crippen LogP contribution in [0.5, 0.6) is 0 Å². The summed E-state index contributed by atoms with van der Waals surface area (Å²) in [4.78, 5) is 7.06. The van der Waals surface area contributed by atoms with E-state index in [0.717, 1.165) is 29.9 Å². The molecule has 0 aromatic carbocycles. The third kappa shape index (κ3) is 5.02. The molecule has 0 amide bonds. The Morgan fingerprint density at radius 2 is 1.96 bits per heavy atom. The first-order chi connectivity index (χ1) is 11.7. The minimum absolute atomic E-state index is 0.503. The van der Waals surface area contributed by atoms with Crippen molar-refractivity contribution in [3.8, 4) is 0 Å². The summed E-state index contributed by atoms with van der Waals surface area (Å²) in [5, 5.41) is 17.3. The average Bonchev–Trinajstić information content (AvgIpc) is 3.07. The van der Waals surface area contributed by atoms with Crippen LogP contribution in [0.25, 0.3) is 0 Å². The van der Waals surface area contributed by atoms with Gasteiger partial charge in [-0.3, -0.25) is 4.99 Å². The van der Waals surface area contributed by atoms with Gasteiger partial charge < -0.3 is 20.6 Å². The van der Waals surface area contributed by atoms with E-state index >= 15 is 0 Å². The quantitative estimate of drug-likeness (QED) is 0.531. The molecular formula is C18H34N4OS. The fourth-order valence-corrected chi connectivity index (χ4v) is 5.52. The van der Waals surface area contributed by atoms with Crippen LogP contribution in [0.4, 0.5) is 0 Å². The molecule has 3 rings (SSSR count). The Labute approximate surface area is 151 Å². The third-order valence-electron chi connectivity index (χ3n) is 5.85. The van der Waals surface area contributed by atoms with Crippen LogP contribution >= 0.6 is 11.8 Å². The lowest BCUT2D eigenvalue weighted by molar-refractivity contribution is 0.0722. The van der Waals surface area contributed by atoms with E-state index in [9.17, 15) is 5.11 Å². The van der Waals surface area contributed by atoms with E-state index in [0.29, 0.717) is 12.6 Å². The molecule has 0 aromatic heterocycles. The second-order valence-electron chi connectivity index (χ2n) is 7.70. The molecule has 0 spiro atoms. The van der Waals surface area contributed by atoms with E-state index in [1.807, 2.05) is 18.8 Å². The first-order valence-corrected chi connectivity index (χ1v) is 10.9. The first kappa shape index (κ1) is 18.3. The Balaban J connectivity index is 1.39. The standard InChI is InChI=1S/C18H34N4OS/c1-19-17(20-13-18(23)9-12-24-14-18)21-15-7-10-22(11-8-15)16-5-3-2-4-6-16/h15-16,23H,2-14H2,1H3,(H2,19,20,21). The van der Waals surface area contributed by atoms with Crippen LogP contribution in [0.15, 0.2) is 4.99 Å². The molecule has 3 fully saturated rings. The molecule has 6 heteroatoms. The van der Waals surface area contributed by atoms with Crippen molar-refractivity contribution in [2.45, 2.75) is 69.1 Å². The van der Waals surface area contributed by atoms with Crippen LogP contribution in [-0.4, -0.2) is 71.8 Å². The van der Waals surface area contributed by atoms with Gasteiger partial charge >= 0.3 is 0 Å². The zero-order chi connectivity index (χ0) is 16.8. The highest BCUT2D eigenvalue weighted by Crippen LogP contribution is 2.27. The normalized spacial score (nSPS) is 31.3. The number of hydrogen-bond donors (Lipinski definition) is 3. The van der Waals surface area contributed by atoms with Crippen LogP contribution < -0.4 is 10.6 Å². The average molecular weight is 355 g/mol. The fourth-order valence-electron chi connectivity index (χ4n) is 4.23. The van der Waals surface area contributed by atoms with Crippen LogP contribution in [0.2, 0.25) is 0 Å². The fraction of sp³-hybridized carbons (Fsp3) is 0.944. The van der Waals surface area contributed by atoms with E-state index < -0.39 is 5.60 Å². The summed E-state index contributed by atoms with van der Waals surface area (Å²) in [5.74, 6) is 2.73.